The summed E-state index contributed by atoms with van der Waals surface area (Å²) in [6, 6.07) is 3.54. The molecule has 0 aromatic carbocycles. The van der Waals surface area contributed by atoms with Crippen molar-refractivity contribution < 1.29 is 17.1 Å². The summed E-state index contributed by atoms with van der Waals surface area (Å²) in [5, 5.41) is -1.30. The molecule has 0 radical (unpaired) electrons. The van der Waals surface area contributed by atoms with E-state index in [1.54, 1.807) is 12.3 Å². The number of piperazine rings is 1. The Bertz CT molecular complexity index is 686. The molecule has 3 heterocycles. The molecular formula is C14H19FN4O3S. The fourth-order valence-corrected chi connectivity index (χ4v) is 3.54. The van der Waals surface area contributed by atoms with Crippen molar-refractivity contribution in [2.45, 2.75) is 11.7 Å². The molecule has 0 aliphatic carbocycles. The summed E-state index contributed by atoms with van der Waals surface area (Å²) >= 11 is 0. The maximum Gasteiger partial charge on any atom is 0.307 e. The molecule has 1 atom stereocenters. The minimum absolute atomic E-state index is 0.182. The van der Waals surface area contributed by atoms with Crippen molar-refractivity contribution in [1.82, 2.24) is 9.88 Å². The van der Waals surface area contributed by atoms with Crippen LogP contribution in [0, 0.1) is 0 Å². The van der Waals surface area contributed by atoms with Gasteiger partial charge in [-0.15, -0.1) is 3.89 Å². The standard InChI is InChI=1S/C14H19FN4O3S/c1-17-4-6-18(7-5-17)11-2-3-13(16-9-11)19-10-12(8-14(19)20)23(15,21)22/h2-3,9,12H,4-8,10H2,1H3. The second-order valence-corrected chi connectivity index (χ2v) is 7.59. The van der Waals surface area contributed by atoms with E-state index >= 15 is 0 Å². The van der Waals surface area contributed by atoms with Crippen LogP contribution in [-0.4, -0.2) is 69.2 Å². The number of amides is 1. The zero-order valence-corrected chi connectivity index (χ0v) is 13.7. The normalized spacial score (nSPS) is 23.6. The molecule has 1 aromatic heterocycles. The van der Waals surface area contributed by atoms with E-state index in [-0.39, 0.29) is 13.0 Å². The third kappa shape index (κ3) is 3.45. The average molecular weight is 342 g/mol. The van der Waals surface area contributed by atoms with E-state index in [1.165, 1.54) is 4.90 Å². The molecule has 1 aromatic rings. The highest BCUT2D eigenvalue weighted by Gasteiger charge is 2.39. The van der Waals surface area contributed by atoms with Crippen LogP contribution in [-0.2, 0) is 15.0 Å². The minimum atomic E-state index is -4.71. The Labute approximate surface area is 134 Å². The lowest BCUT2D eigenvalue weighted by Gasteiger charge is -2.33. The number of hydrogen-bond donors (Lipinski definition) is 0. The van der Waals surface area contributed by atoms with Gasteiger partial charge in [0.2, 0.25) is 5.91 Å². The van der Waals surface area contributed by atoms with E-state index < -0.39 is 21.4 Å². The Morgan fingerprint density at radius 3 is 2.43 bits per heavy atom. The first kappa shape index (κ1) is 16.1. The third-order valence-electron chi connectivity index (χ3n) is 4.36. The molecule has 2 aliphatic heterocycles. The molecule has 9 heteroatoms. The van der Waals surface area contributed by atoms with Crippen molar-refractivity contribution in [3.63, 3.8) is 0 Å². The van der Waals surface area contributed by atoms with Crippen LogP contribution < -0.4 is 9.80 Å². The van der Waals surface area contributed by atoms with Gasteiger partial charge in [0.1, 0.15) is 11.1 Å². The van der Waals surface area contributed by atoms with Gasteiger partial charge in [-0.3, -0.25) is 9.69 Å². The van der Waals surface area contributed by atoms with Gasteiger partial charge in [-0.25, -0.2) is 4.98 Å². The molecule has 3 rings (SSSR count). The van der Waals surface area contributed by atoms with Gasteiger partial charge in [0.05, 0.1) is 11.9 Å². The second-order valence-electron chi connectivity index (χ2n) is 5.97. The van der Waals surface area contributed by atoms with Gasteiger partial charge < -0.3 is 9.80 Å². The summed E-state index contributed by atoms with van der Waals surface area (Å²) in [4.78, 5) is 21.8. The second kappa shape index (κ2) is 6.04. The fraction of sp³-hybridized carbons (Fsp3) is 0.571. The molecule has 2 saturated heterocycles. The quantitative estimate of drug-likeness (QED) is 0.733. The molecule has 7 nitrogen and oxygen atoms in total. The van der Waals surface area contributed by atoms with Crippen molar-refractivity contribution >= 4 is 27.6 Å². The molecule has 0 bridgehead atoms. The number of hydrogen-bond acceptors (Lipinski definition) is 6. The molecule has 0 spiro atoms. The monoisotopic (exact) mass is 342 g/mol. The van der Waals surface area contributed by atoms with E-state index in [0.29, 0.717) is 5.82 Å². The highest BCUT2D eigenvalue weighted by molar-refractivity contribution is 7.87. The summed E-state index contributed by atoms with van der Waals surface area (Å²) in [5.41, 5.74) is 0.961. The third-order valence-corrected chi connectivity index (χ3v) is 5.48. The Morgan fingerprint density at radius 1 is 1.22 bits per heavy atom. The van der Waals surface area contributed by atoms with Crippen LogP contribution in [0.4, 0.5) is 15.4 Å². The van der Waals surface area contributed by atoms with Gasteiger partial charge in [0.25, 0.3) is 0 Å². The molecule has 23 heavy (non-hydrogen) atoms. The zero-order valence-electron chi connectivity index (χ0n) is 12.9. The van der Waals surface area contributed by atoms with Crippen LogP contribution in [0.25, 0.3) is 0 Å². The van der Waals surface area contributed by atoms with Crippen LogP contribution in [0.3, 0.4) is 0 Å². The molecule has 0 saturated carbocycles. The highest BCUT2D eigenvalue weighted by Crippen LogP contribution is 2.26. The van der Waals surface area contributed by atoms with Crippen LogP contribution in [0.2, 0.25) is 0 Å². The lowest BCUT2D eigenvalue weighted by molar-refractivity contribution is -0.117. The highest BCUT2D eigenvalue weighted by atomic mass is 32.3. The van der Waals surface area contributed by atoms with Crippen molar-refractivity contribution in [3.8, 4) is 0 Å². The van der Waals surface area contributed by atoms with Crippen LogP contribution in [0.5, 0.6) is 0 Å². The predicted octanol–water partition coefficient (Wildman–Crippen LogP) is 0.238. The topological polar surface area (TPSA) is 73.8 Å². The minimum Gasteiger partial charge on any atom is -0.368 e. The Balaban J connectivity index is 1.71. The summed E-state index contributed by atoms with van der Waals surface area (Å²) in [6.45, 7) is 3.58. The smallest absolute Gasteiger partial charge is 0.307 e. The number of aromatic nitrogens is 1. The fourth-order valence-electron chi connectivity index (χ4n) is 2.87. The number of carbonyl (C=O) groups is 1. The first-order valence-corrected chi connectivity index (χ1v) is 8.92. The first-order chi connectivity index (χ1) is 10.8. The van der Waals surface area contributed by atoms with Gasteiger partial charge in [0.15, 0.2) is 0 Å². The maximum atomic E-state index is 13.1. The number of nitrogens with zero attached hydrogens (tertiary/aromatic N) is 4. The number of carbonyl (C=O) groups excluding carboxylic acids is 1. The summed E-state index contributed by atoms with van der Waals surface area (Å²) in [7, 11) is -2.63. The number of anilines is 2. The summed E-state index contributed by atoms with van der Waals surface area (Å²) in [6.07, 6.45) is 1.34. The van der Waals surface area contributed by atoms with Gasteiger partial charge in [-0.1, -0.05) is 0 Å². The molecular weight excluding hydrogens is 323 g/mol. The van der Waals surface area contributed by atoms with Crippen LogP contribution in [0.15, 0.2) is 18.3 Å². The molecule has 1 amide bonds. The summed E-state index contributed by atoms with van der Waals surface area (Å²) in [5.74, 6) is -0.0601. The Morgan fingerprint density at radius 2 is 1.91 bits per heavy atom. The lowest BCUT2D eigenvalue weighted by atomic mass is 10.3. The van der Waals surface area contributed by atoms with Gasteiger partial charge in [0, 0.05) is 39.1 Å². The van der Waals surface area contributed by atoms with E-state index in [0.717, 1.165) is 31.9 Å². The zero-order chi connectivity index (χ0) is 16.6. The number of likely N-dealkylation sites (N-methyl/N-ethyl adjacent to an activating group) is 1. The summed E-state index contributed by atoms with van der Waals surface area (Å²) < 4.78 is 35.0. The van der Waals surface area contributed by atoms with E-state index in [2.05, 4.69) is 21.8 Å². The molecule has 2 aliphatic rings. The SMILES string of the molecule is CN1CCN(c2ccc(N3CC(S(=O)(=O)F)CC3=O)nc2)CC1. The van der Waals surface area contributed by atoms with E-state index in [9.17, 15) is 17.1 Å². The van der Waals surface area contributed by atoms with Gasteiger partial charge >= 0.3 is 10.2 Å². The molecule has 2 fully saturated rings. The van der Waals surface area contributed by atoms with Crippen molar-refractivity contribution in [3.05, 3.63) is 18.3 Å². The van der Waals surface area contributed by atoms with E-state index in [1.807, 2.05) is 6.07 Å². The van der Waals surface area contributed by atoms with Gasteiger partial charge in [-0.2, -0.15) is 8.42 Å². The predicted molar refractivity (Wildman–Crippen MR) is 84.7 cm³/mol. The van der Waals surface area contributed by atoms with Crippen molar-refractivity contribution in [2.24, 2.45) is 0 Å². The van der Waals surface area contributed by atoms with Crippen LogP contribution in [0.1, 0.15) is 6.42 Å². The molecule has 1 unspecified atom stereocenters. The Kier molecular flexibility index (Phi) is 4.24. The molecule has 126 valence electrons. The molecule has 0 N–H and O–H groups in total. The lowest BCUT2D eigenvalue weighted by Crippen LogP contribution is -2.44. The van der Waals surface area contributed by atoms with Crippen molar-refractivity contribution in [1.29, 1.82) is 0 Å². The van der Waals surface area contributed by atoms with Crippen molar-refractivity contribution in [2.75, 3.05) is 49.6 Å². The Hall–Kier alpha value is -1.74. The number of pyridine rings is 1. The maximum absolute atomic E-state index is 13.1. The largest absolute Gasteiger partial charge is 0.368 e. The van der Waals surface area contributed by atoms with E-state index in [4.69, 9.17) is 0 Å². The van der Waals surface area contributed by atoms with Gasteiger partial charge in [-0.05, 0) is 19.2 Å². The van der Waals surface area contributed by atoms with Crippen LogP contribution >= 0.6 is 0 Å². The number of halogens is 1. The average Bonchev–Trinajstić information content (AvgIpc) is 2.90. The number of rotatable bonds is 3. The first-order valence-electron chi connectivity index (χ1n) is 7.48.